The highest BCUT2D eigenvalue weighted by atomic mass is 19.1. The van der Waals surface area contributed by atoms with Crippen LogP contribution in [0.1, 0.15) is 29.7 Å². The first-order valence-corrected chi connectivity index (χ1v) is 6.69. The van der Waals surface area contributed by atoms with Gasteiger partial charge in [0, 0.05) is 30.4 Å². The Hall–Kier alpha value is -1.75. The molecule has 0 saturated heterocycles. The van der Waals surface area contributed by atoms with E-state index in [-0.39, 0.29) is 6.04 Å². The fraction of sp³-hybridized carbons (Fsp3) is 0.400. The molecule has 1 aromatic heterocycles. The van der Waals surface area contributed by atoms with Gasteiger partial charge in [0.2, 0.25) is 0 Å². The standard InChI is InChI=1S/C15H19F2N3/c1-4-20-9-11(8-19-20)6-15(18-3)12-5-10(2)13(16)7-14(12)17/h5,7-9,15,18H,4,6H2,1-3H3. The van der Waals surface area contributed by atoms with E-state index in [4.69, 9.17) is 0 Å². The Morgan fingerprint density at radius 3 is 2.65 bits per heavy atom. The second kappa shape index (κ2) is 6.13. The molecule has 2 aromatic rings. The number of hydrogen-bond donors (Lipinski definition) is 1. The van der Waals surface area contributed by atoms with Crippen molar-refractivity contribution in [2.45, 2.75) is 32.9 Å². The molecule has 0 saturated carbocycles. The van der Waals surface area contributed by atoms with E-state index in [9.17, 15) is 8.78 Å². The molecule has 1 N–H and O–H groups in total. The molecule has 1 unspecified atom stereocenters. The Morgan fingerprint density at radius 2 is 2.05 bits per heavy atom. The van der Waals surface area contributed by atoms with Gasteiger partial charge in [0.25, 0.3) is 0 Å². The third-order valence-corrected chi connectivity index (χ3v) is 3.45. The lowest BCUT2D eigenvalue weighted by Crippen LogP contribution is -2.20. The number of aromatic nitrogens is 2. The summed E-state index contributed by atoms with van der Waals surface area (Å²) in [6.07, 6.45) is 4.33. The highest BCUT2D eigenvalue weighted by molar-refractivity contribution is 5.29. The van der Waals surface area contributed by atoms with Gasteiger partial charge in [0.15, 0.2) is 0 Å². The lowest BCUT2D eigenvalue weighted by molar-refractivity contribution is 0.519. The molecule has 1 heterocycles. The zero-order valence-corrected chi connectivity index (χ0v) is 12.0. The average molecular weight is 279 g/mol. The number of hydrogen-bond acceptors (Lipinski definition) is 2. The molecule has 0 aliphatic carbocycles. The number of rotatable bonds is 5. The first-order valence-electron chi connectivity index (χ1n) is 6.69. The Balaban J connectivity index is 2.26. The predicted octanol–water partition coefficient (Wildman–Crippen LogP) is 2.99. The van der Waals surface area contributed by atoms with Crippen molar-refractivity contribution in [3.63, 3.8) is 0 Å². The topological polar surface area (TPSA) is 29.9 Å². The van der Waals surface area contributed by atoms with Crippen LogP contribution in [0.5, 0.6) is 0 Å². The number of nitrogens with zero attached hydrogens (tertiary/aromatic N) is 2. The number of nitrogens with one attached hydrogen (secondary N) is 1. The van der Waals surface area contributed by atoms with Crippen molar-refractivity contribution in [2.75, 3.05) is 7.05 Å². The molecule has 0 aliphatic rings. The van der Waals surface area contributed by atoms with Crippen molar-refractivity contribution >= 4 is 0 Å². The minimum atomic E-state index is -0.518. The summed E-state index contributed by atoms with van der Waals surface area (Å²) in [5.74, 6) is -1.03. The fourth-order valence-electron chi connectivity index (χ4n) is 2.23. The minimum Gasteiger partial charge on any atom is -0.313 e. The van der Waals surface area contributed by atoms with Gasteiger partial charge in [-0.3, -0.25) is 4.68 Å². The Bertz CT molecular complexity index is 593. The Morgan fingerprint density at radius 1 is 1.30 bits per heavy atom. The maximum atomic E-state index is 13.9. The van der Waals surface area contributed by atoms with E-state index >= 15 is 0 Å². The molecule has 0 spiro atoms. The number of likely N-dealkylation sites (N-methyl/N-ethyl adjacent to an activating group) is 1. The van der Waals surface area contributed by atoms with Gasteiger partial charge in [0.1, 0.15) is 11.6 Å². The zero-order valence-electron chi connectivity index (χ0n) is 12.0. The van der Waals surface area contributed by atoms with Gasteiger partial charge in [0.05, 0.1) is 6.20 Å². The Kier molecular flexibility index (Phi) is 4.49. The average Bonchev–Trinajstić information content (AvgIpc) is 2.88. The van der Waals surface area contributed by atoms with Gasteiger partial charge < -0.3 is 5.32 Å². The third kappa shape index (κ3) is 3.04. The molecule has 0 fully saturated rings. The molecule has 1 aromatic carbocycles. The number of aryl methyl sites for hydroxylation is 2. The first kappa shape index (κ1) is 14.7. The van der Waals surface area contributed by atoms with Gasteiger partial charge in [-0.1, -0.05) is 0 Å². The third-order valence-electron chi connectivity index (χ3n) is 3.45. The van der Waals surface area contributed by atoms with Crippen molar-refractivity contribution in [1.82, 2.24) is 15.1 Å². The summed E-state index contributed by atoms with van der Waals surface area (Å²) in [7, 11) is 1.77. The summed E-state index contributed by atoms with van der Waals surface area (Å²) in [4.78, 5) is 0. The van der Waals surface area contributed by atoms with Crippen LogP contribution in [-0.4, -0.2) is 16.8 Å². The molecule has 0 aliphatic heterocycles. The summed E-state index contributed by atoms with van der Waals surface area (Å²) in [5, 5.41) is 7.29. The summed E-state index contributed by atoms with van der Waals surface area (Å²) >= 11 is 0. The molecule has 20 heavy (non-hydrogen) atoms. The summed E-state index contributed by atoms with van der Waals surface area (Å²) in [6.45, 7) is 4.45. The lowest BCUT2D eigenvalue weighted by atomic mass is 9.98. The highest BCUT2D eigenvalue weighted by Gasteiger charge is 2.17. The van der Waals surface area contributed by atoms with Crippen LogP contribution < -0.4 is 5.32 Å². The molecule has 0 amide bonds. The van der Waals surface area contributed by atoms with E-state index in [0.717, 1.165) is 18.2 Å². The van der Waals surface area contributed by atoms with E-state index < -0.39 is 11.6 Å². The predicted molar refractivity (Wildman–Crippen MR) is 74.5 cm³/mol. The van der Waals surface area contributed by atoms with Crippen LogP contribution in [0, 0.1) is 18.6 Å². The van der Waals surface area contributed by atoms with E-state index in [0.29, 0.717) is 17.5 Å². The normalized spacial score (nSPS) is 12.7. The van der Waals surface area contributed by atoms with Gasteiger partial charge >= 0.3 is 0 Å². The molecule has 1 atom stereocenters. The van der Waals surface area contributed by atoms with Crippen molar-refractivity contribution in [2.24, 2.45) is 0 Å². The highest BCUT2D eigenvalue weighted by Crippen LogP contribution is 2.23. The summed E-state index contributed by atoms with van der Waals surface area (Å²) in [5.41, 5.74) is 1.95. The number of halogens is 2. The molecular formula is C15H19F2N3. The second-order valence-corrected chi connectivity index (χ2v) is 4.87. The molecular weight excluding hydrogens is 260 g/mol. The zero-order chi connectivity index (χ0) is 14.7. The van der Waals surface area contributed by atoms with Crippen LogP contribution in [0.15, 0.2) is 24.5 Å². The molecule has 0 radical (unpaired) electrons. The van der Waals surface area contributed by atoms with Crippen LogP contribution in [0.2, 0.25) is 0 Å². The molecule has 3 nitrogen and oxygen atoms in total. The van der Waals surface area contributed by atoms with Gasteiger partial charge in [-0.05, 0) is 44.5 Å². The van der Waals surface area contributed by atoms with Crippen molar-refractivity contribution in [1.29, 1.82) is 0 Å². The van der Waals surface area contributed by atoms with Crippen molar-refractivity contribution in [3.05, 3.63) is 52.9 Å². The van der Waals surface area contributed by atoms with Gasteiger partial charge in [-0.2, -0.15) is 5.10 Å². The minimum absolute atomic E-state index is 0.205. The van der Waals surface area contributed by atoms with Crippen LogP contribution in [0.25, 0.3) is 0 Å². The maximum absolute atomic E-state index is 13.9. The number of benzene rings is 1. The summed E-state index contributed by atoms with van der Waals surface area (Å²) < 4.78 is 29.1. The van der Waals surface area contributed by atoms with E-state index in [1.807, 2.05) is 17.8 Å². The largest absolute Gasteiger partial charge is 0.313 e. The van der Waals surface area contributed by atoms with Crippen molar-refractivity contribution in [3.8, 4) is 0 Å². The molecule has 5 heteroatoms. The molecule has 0 bridgehead atoms. The lowest BCUT2D eigenvalue weighted by Gasteiger charge is -2.17. The van der Waals surface area contributed by atoms with E-state index in [1.165, 1.54) is 0 Å². The van der Waals surface area contributed by atoms with Gasteiger partial charge in [-0.25, -0.2) is 8.78 Å². The van der Waals surface area contributed by atoms with Crippen LogP contribution in [-0.2, 0) is 13.0 Å². The molecule has 2 rings (SSSR count). The van der Waals surface area contributed by atoms with E-state index in [2.05, 4.69) is 10.4 Å². The van der Waals surface area contributed by atoms with Crippen LogP contribution in [0.3, 0.4) is 0 Å². The smallest absolute Gasteiger partial charge is 0.130 e. The molecule has 108 valence electrons. The maximum Gasteiger partial charge on any atom is 0.130 e. The van der Waals surface area contributed by atoms with Crippen molar-refractivity contribution < 1.29 is 8.78 Å². The monoisotopic (exact) mass is 279 g/mol. The fourth-order valence-corrected chi connectivity index (χ4v) is 2.23. The van der Waals surface area contributed by atoms with Gasteiger partial charge in [-0.15, -0.1) is 0 Å². The van der Waals surface area contributed by atoms with E-state index in [1.54, 1.807) is 26.2 Å². The van der Waals surface area contributed by atoms with Crippen LogP contribution in [0.4, 0.5) is 8.78 Å². The SMILES string of the molecule is CCn1cc(CC(NC)c2cc(C)c(F)cc2F)cn1. The quantitative estimate of drug-likeness (QED) is 0.912. The first-order chi connectivity index (χ1) is 9.55. The Labute approximate surface area is 117 Å². The second-order valence-electron chi connectivity index (χ2n) is 4.87. The van der Waals surface area contributed by atoms with Crippen LogP contribution >= 0.6 is 0 Å². The summed E-state index contributed by atoms with van der Waals surface area (Å²) in [6, 6.07) is 2.31.